The first-order valence-electron chi connectivity index (χ1n) is 6.56. The molecule has 8 heteroatoms. The van der Waals surface area contributed by atoms with Crippen molar-refractivity contribution in [1.29, 1.82) is 0 Å². The topological polar surface area (TPSA) is 93.7 Å². The van der Waals surface area contributed by atoms with E-state index in [0.717, 1.165) is 6.42 Å². The summed E-state index contributed by atoms with van der Waals surface area (Å²) in [4.78, 5) is 34.2. The van der Waals surface area contributed by atoms with Gasteiger partial charge in [-0.2, -0.15) is 0 Å². The Morgan fingerprint density at radius 1 is 1.27 bits per heavy atom. The van der Waals surface area contributed by atoms with Crippen molar-refractivity contribution in [2.75, 3.05) is 20.3 Å². The van der Waals surface area contributed by atoms with Gasteiger partial charge in [-0.25, -0.2) is 9.59 Å². The Bertz CT molecular complexity index is 562. The molecule has 0 aromatic heterocycles. The predicted octanol–water partition coefficient (Wildman–Crippen LogP) is 1.85. The number of carbonyl (C=O) groups excluding carboxylic acids is 3. The maximum atomic E-state index is 11.5. The van der Waals surface area contributed by atoms with Crippen molar-refractivity contribution < 1.29 is 23.9 Å². The van der Waals surface area contributed by atoms with Gasteiger partial charge in [0.1, 0.15) is 5.75 Å². The number of halogens is 1. The number of benzene rings is 1. The lowest BCUT2D eigenvalue weighted by atomic mass is 10.2. The van der Waals surface area contributed by atoms with Crippen LogP contribution in [0.5, 0.6) is 5.75 Å². The van der Waals surface area contributed by atoms with E-state index in [1.54, 1.807) is 0 Å². The second-order valence-corrected chi connectivity index (χ2v) is 5.08. The summed E-state index contributed by atoms with van der Waals surface area (Å²) in [5.74, 6) is -0.674. The van der Waals surface area contributed by atoms with Crippen LogP contribution in [-0.2, 0) is 9.53 Å². The number of rotatable bonds is 6. The average molecular weight is 373 g/mol. The van der Waals surface area contributed by atoms with E-state index in [-0.39, 0.29) is 6.61 Å². The average Bonchev–Trinajstić information content (AvgIpc) is 2.50. The van der Waals surface area contributed by atoms with Crippen LogP contribution in [0.2, 0.25) is 0 Å². The SMILES string of the molecule is CCCNC(=O)NC(=O)COc1ccc(C(=O)OC)cc1Br. The fourth-order valence-corrected chi connectivity index (χ4v) is 1.94. The molecule has 0 saturated carbocycles. The Labute approximate surface area is 136 Å². The van der Waals surface area contributed by atoms with Crippen molar-refractivity contribution in [3.8, 4) is 5.75 Å². The van der Waals surface area contributed by atoms with Crippen molar-refractivity contribution in [2.24, 2.45) is 0 Å². The molecule has 1 aromatic carbocycles. The highest BCUT2D eigenvalue weighted by Gasteiger charge is 2.12. The molecule has 0 unspecified atom stereocenters. The molecule has 0 saturated heterocycles. The number of esters is 1. The minimum atomic E-state index is -0.572. The van der Waals surface area contributed by atoms with Crippen LogP contribution in [0.4, 0.5) is 4.79 Å². The Balaban J connectivity index is 2.52. The molecule has 3 amide bonds. The Kier molecular flexibility index (Phi) is 7.38. The summed E-state index contributed by atoms with van der Waals surface area (Å²) in [7, 11) is 1.29. The van der Waals surface area contributed by atoms with Crippen LogP contribution in [0.15, 0.2) is 22.7 Å². The molecule has 7 nitrogen and oxygen atoms in total. The van der Waals surface area contributed by atoms with E-state index >= 15 is 0 Å². The Morgan fingerprint density at radius 2 is 2.00 bits per heavy atom. The molecule has 0 atom stereocenters. The first-order valence-corrected chi connectivity index (χ1v) is 7.35. The van der Waals surface area contributed by atoms with Crippen molar-refractivity contribution in [1.82, 2.24) is 10.6 Å². The van der Waals surface area contributed by atoms with Crippen LogP contribution < -0.4 is 15.4 Å². The molecule has 1 rings (SSSR count). The number of imide groups is 1. The van der Waals surface area contributed by atoms with E-state index in [9.17, 15) is 14.4 Å². The molecule has 0 aliphatic carbocycles. The number of methoxy groups -OCH3 is 1. The molecule has 0 fully saturated rings. The largest absolute Gasteiger partial charge is 0.483 e. The third kappa shape index (κ3) is 5.72. The molecule has 0 bridgehead atoms. The van der Waals surface area contributed by atoms with Gasteiger partial charge < -0.3 is 14.8 Å². The number of amides is 3. The number of ether oxygens (including phenoxy) is 2. The highest BCUT2D eigenvalue weighted by Crippen LogP contribution is 2.26. The van der Waals surface area contributed by atoms with E-state index in [1.165, 1.54) is 25.3 Å². The van der Waals surface area contributed by atoms with Crippen molar-refractivity contribution in [2.45, 2.75) is 13.3 Å². The zero-order valence-corrected chi connectivity index (χ0v) is 13.9. The van der Waals surface area contributed by atoms with Gasteiger partial charge in [0.2, 0.25) is 0 Å². The smallest absolute Gasteiger partial charge is 0.337 e. The maximum absolute atomic E-state index is 11.5. The number of hydrogen-bond acceptors (Lipinski definition) is 5. The lowest BCUT2D eigenvalue weighted by molar-refractivity contribution is -0.122. The molecule has 0 aliphatic heterocycles. The van der Waals surface area contributed by atoms with E-state index in [2.05, 4.69) is 31.3 Å². The summed E-state index contributed by atoms with van der Waals surface area (Å²) in [6.07, 6.45) is 0.775. The molecular weight excluding hydrogens is 356 g/mol. The molecular formula is C14H17BrN2O5. The molecule has 0 spiro atoms. The molecule has 0 aliphatic rings. The summed E-state index contributed by atoms with van der Waals surface area (Å²) < 4.78 is 10.4. The maximum Gasteiger partial charge on any atom is 0.337 e. The first-order chi connectivity index (χ1) is 10.5. The lowest BCUT2D eigenvalue weighted by Crippen LogP contribution is -2.41. The van der Waals surface area contributed by atoms with Gasteiger partial charge in [0, 0.05) is 6.54 Å². The molecule has 1 aromatic rings. The van der Waals surface area contributed by atoms with Gasteiger partial charge in [0.05, 0.1) is 17.1 Å². The predicted molar refractivity (Wildman–Crippen MR) is 82.8 cm³/mol. The number of carbonyl (C=O) groups is 3. The van der Waals surface area contributed by atoms with E-state index in [0.29, 0.717) is 22.3 Å². The number of urea groups is 1. The van der Waals surface area contributed by atoms with Crippen LogP contribution in [0, 0.1) is 0 Å². The van der Waals surface area contributed by atoms with Gasteiger partial charge >= 0.3 is 12.0 Å². The van der Waals surface area contributed by atoms with E-state index in [1.807, 2.05) is 6.92 Å². The van der Waals surface area contributed by atoms with Crippen molar-refractivity contribution in [3.63, 3.8) is 0 Å². The summed E-state index contributed by atoms with van der Waals surface area (Å²) in [6, 6.07) is 4.00. The van der Waals surface area contributed by atoms with Gasteiger partial charge in [-0.1, -0.05) is 6.92 Å². The Morgan fingerprint density at radius 3 is 2.59 bits per heavy atom. The molecule has 2 N–H and O–H groups in total. The third-order valence-corrected chi connectivity index (χ3v) is 3.12. The van der Waals surface area contributed by atoms with Gasteiger partial charge in [-0.3, -0.25) is 10.1 Å². The van der Waals surface area contributed by atoms with Crippen LogP contribution in [0.3, 0.4) is 0 Å². The fraction of sp³-hybridized carbons (Fsp3) is 0.357. The molecule has 22 heavy (non-hydrogen) atoms. The van der Waals surface area contributed by atoms with Gasteiger partial charge in [0.15, 0.2) is 6.61 Å². The van der Waals surface area contributed by atoms with E-state index in [4.69, 9.17) is 4.74 Å². The normalized spacial score (nSPS) is 9.77. The van der Waals surface area contributed by atoms with Gasteiger partial charge in [0.25, 0.3) is 5.91 Å². The van der Waals surface area contributed by atoms with Crippen molar-refractivity contribution in [3.05, 3.63) is 28.2 Å². The third-order valence-electron chi connectivity index (χ3n) is 2.50. The lowest BCUT2D eigenvalue weighted by Gasteiger charge is -2.09. The number of hydrogen-bond donors (Lipinski definition) is 2. The summed E-state index contributed by atoms with van der Waals surface area (Å²) in [6.45, 7) is 2.07. The minimum absolute atomic E-state index is 0.324. The van der Waals surface area contributed by atoms with Crippen molar-refractivity contribution >= 4 is 33.8 Å². The number of nitrogens with one attached hydrogen (secondary N) is 2. The second-order valence-electron chi connectivity index (χ2n) is 4.23. The van der Waals surface area contributed by atoms with E-state index < -0.39 is 17.9 Å². The molecule has 120 valence electrons. The highest BCUT2D eigenvalue weighted by atomic mass is 79.9. The minimum Gasteiger partial charge on any atom is -0.483 e. The van der Waals surface area contributed by atoms with Crippen LogP contribution in [0.25, 0.3) is 0 Å². The second kappa shape index (κ2) is 9.04. The monoisotopic (exact) mass is 372 g/mol. The quantitative estimate of drug-likeness (QED) is 0.743. The summed E-state index contributed by atoms with van der Waals surface area (Å²) in [5.41, 5.74) is 0.352. The molecule has 0 radical (unpaired) electrons. The fourth-order valence-electron chi connectivity index (χ4n) is 1.45. The highest BCUT2D eigenvalue weighted by molar-refractivity contribution is 9.10. The zero-order chi connectivity index (χ0) is 16.5. The Hall–Kier alpha value is -2.09. The summed E-state index contributed by atoms with van der Waals surface area (Å²) in [5, 5.41) is 4.65. The van der Waals surface area contributed by atoms with Gasteiger partial charge in [-0.15, -0.1) is 0 Å². The van der Waals surface area contributed by atoms with Crippen LogP contribution in [0.1, 0.15) is 23.7 Å². The standard InChI is InChI=1S/C14H17BrN2O5/c1-3-6-16-14(20)17-12(18)8-22-11-5-4-9(7-10(11)15)13(19)21-2/h4-5,7H,3,6,8H2,1-2H3,(H2,16,17,18,20). The van der Waals surface area contributed by atoms with Crippen LogP contribution >= 0.6 is 15.9 Å². The summed E-state index contributed by atoms with van der Waals surface area (Å²) >= 11 is 3.24. The molecule has 0 heterocycles. The van der Waals surface area contributed by atoms with Gasteiger partial charge in [-0.05, 0) is 40.5 Å². The van der Waals surface area contributed by atoms with Crippen LogP contribution in [-0.4, -0.2) is 38.2 Å². The zero-order valence-electron chi connectivity index (χ0n) is 12.3. The first kappa shape index (κ1) is 18.0.